The van der Waals surface area contributed by atoms with E-state index in [0.29, 0.717) is 5.75 Å². The number of carbonyl (C=O) groups is 1. The molecule has 1 amide bonds. The summed E-state index contributed by atoms with van der Waals surface area (Å²) < 4.78 is 0. The predicted molar refractivity (Wildman–Crippen MR) is 38.8 cm³/mol. The molecule has 1 atom stereocenters. The van der Waals surface area contributed by atoms with Crippen LogP contribution in [0.2, 0.25) is 0 Å². The molecule has 0 radical (unpaired) electrons. The second-order valence-electron chi connectivity index (χ2n) is 1.42. The Morgan fingerprint density at radius 2 is 2.56 bits per heavy atom. The third kappa shape index (κ3) is 3.01. The van der Waals surface area contributed by atoms with Crippen LogP contribution in [0.4, 0.5) is 0 Å². The predicted octanol–water partition coefficient (Wildman–Crippen LogP) is -1.05. The second-order valence-corrected chi connectivity index (χ2v) is 1.79. The van der Waals surface area contributed by atoms with Gasteiger partial charge in [-0.3, -0.25) is 10.1 Å². The number of hydrogen-bond acceptors (Lipinski definition) is 3. The summed E-state index contributed by atoms with van der Waals surface area (Å²) in [6.07, 6.45) is 4.76. The fourth-order valence-electron chi connectivity index (χ4n) is 0.247. The minimum absolute atomic E-state index is 0.299. The van der Waals surface area contributed by atoms with E-state index in [1.54, 1.807) is 0 Å². The van der Waals surface area contributed by atoms with Crippen molar-refractivity contribution in [3.63, 3.8) is 0 Å². The lowest BCUT2D eigenvalue weighted by Gasteiger charge is -2.02. The van der Waals surface area contributed by atoms with Gasteiger partial charge in [-0.2, -0.15) is 12.6 Å². The minimum atomic E-state index is -0.607. The Kier molecular flexibility index (Phi) is 3.93. The van der Waals surface area contributed by atoms with Gasteiger partial charge in [0.25, 0.3) is 0 Å². The van der Waals surface area contributed by atoms with E-state index >= 15 is 0 Å². The number of thiol groups is 1. The van der Waals surface area contributed by atoms with Gasteiger partial charge in [0.05, 0.1) is 6.04 Å². The van der Waals surface area contributed by atoms with E-state index in [-0.39, 0.29) is 5.91 Å². The lowest BCUT2D eigenvalue weighted by molar-refractivity contribution is -0.120. The molecule has 0 saturated heterocycles. The maximum Gasteiger partial charge on any atom is 0.249 e. The van der Waals surface area contributed by atoms with Crippen LogP contribution in [-0.4, -0.2) is 17.7 Å². The lowest BCUT2D eigenvalue weighted by atomic mass is 10.3. The summed E-state index contributed by atoms with van der Waals surface area (Å²) in [6, 6.07) is 1.36. The Hall–Kier alpha value is -0.660. The van der Waals surface area contributed by atoms with Crippen molar-refractivity contribution in [3.05, 3.63) is 0 Å². The maximum absolute atomic E-state index is 10.5. The van der Waals surface area contributed by atoms with Crippen LogP contribution < -0.4 is 11.1 Å². The highest BCUT2D eigenvalue weighted by Crippen LogP contribution is 1.80. The number of nitrogens with two attached hydrogens (primary N) is 1. The molecule has 0 aromatic heterocycles. The monoisotopic (exact) mass is 144 g/mol. The van der Waals surface area contributed by atoms with Crippen LogP contribution in [0.15, 0.2) is 0 Å². The van der Waals surface area contributed by atoms with E-state index in [2.05, 4.69) is 17.9 Å². The molecule has 0 aromatic rings. The first-order valence-electron chi connectivity index (χ1n) is 2.34. The molecule has 1 unspecified atom stereocenters. The number of terminal acetylenes is 1. The Morgan fingerprint density at radius 3 is 2.89 bits per heavy atom. The topological polar surface area (TPSA) is 55.1 Å². The van der Waals surface area contributed by atoms with Gasteiger partial charge in [0.1, 0.15) is 0 Å². The van der Waals surface area contributed by atoms with Crippen molar-refractivity contribution in [3.8, 4) is 12.5 Å². The molecule has 0 aliphatic rings. The fourth-order valence-corrected chi connectivity index (χ4v) is 0.413. The number of nitrogens with one attached hydrogen (secondary N) is 1. The summed E-state index contributed by atoms with van der Waals surface area (Å²) in [6.45, 7) is 0. The SMILES string of the molecule is C#CNC(=O)C(N)CS. The van der Waals surface area contributed by atoms with Crippen LogP contribution in [-0.2, 0) is 4.79 Å². The van der Waals surface area contributed by atoms with Crippen LogP contribution in [0, 0.1) is 12.5 Å². The molecule has 0 bridgehead atoms. The van der Waals surface area contributed by atoms with E-state index in [1.807, 2.05) is 6.04 Å². The average molecular weight is 144 g/mol. The van der Waals surface area contributed by atoms with E-state index in [1.165, 1.54) is 0 Å². The standard InChI is InChI=1S/C5H8N2OS/c1-2-7-5(8)4(6)3-9/h1,4,9H,3,6H2,(H,7,8). The van der Waals surface area contributed by atoms with Crippen molar-refractivity contribution in [1.29, 1.82) is 0 Å². The van der Waals surface area contributed by atoms with Gasteiger partial charge in [-0.25, -0.2) is 0 Å². The average Bonchev–Trinajstić information content (AvgIpc) is 1.87. The molecule has 3 nitrogen and oxygen atoms in total. The Morgan fingerprint density at radius 1 is 2.00 bits per heavy atom. The molecule has 0 heterocycles. The second kappa shape index (κ2) is 4.24. The number of rotatable bonds is 2. The molecule has 3 N–H and O–H groups in total. The number of amides is 1. The largest absolute Gasteiger partial charge is 0.319 e. The summed E-state index contributed by atoms with van der Waals surface area (Å²) in [5.74, 6) is -0.0689. The van der Waals surface area contributed by atoms with Gasteiger partial charge in [0, 0.05) is 11.8 Å². The zero-order valence-corrected chi connectivity index (χ0v) is 5.69. The molecule has 0 spiro atoms. The van der Waals surface area contributed by atoms with Gasteiger partial charge in [-0.15, -0.1) is 0 Å². The van der Waals surface area contributed by atoms with Crippen molar-refractivity contribution in [1.82, 2.24) is 5.32 Å². The van der Waals surface area contributed by atoms with Gasteiger partial charge < -0.3 is 5.73 Å². The zero-order chi connectivity index (χ0) is 7.28. The summed E-state index contributed by atoms with van der Waals surface area (Å²) in [7, 11) is 0. The number of carbonyl (C=O) groups excluding carboxylic acids is 1. The normalized spacial score (nSPS) is 11.7. The van der Waals surface area contributed by atoms with Gasteiger partial charge in [0.2, 0.25) is 5.91 Å². The highest BCUT2D eigenvalue weighted by atomic mass is 32.1. The third-order valence-corrected chi connectivity index (χ3v) is 1.12. The number of hydrogen-bond donors (Lipinski definition) is 3. The molecular formula is C5H8N2OS. The fraction of sp³-hybridized carbons (Fsp3) is 0.400. The first-order chi connectivity index (χ1) is 4.22. The molecule has 0 saturated carbocycles. The molecule has 0 aliphatic carbocycles. The van der Waals surface area contributed by atoms with Crippen molar-refractivity contribution in [2.45, 2.75) is 6.04 Å². The van der Waals surface area contributed by atoms with Crippen LogP contribution in [0.25, 0.3) is 0 Å². The Labute approximate surface area is 59.4 Å². The Bertz CT molecular complexity index is 140. The molecule has 0 fully saturated rings. The molecular weight excluding hydrogens is 136 g/mol. The molecule has 0 rings (SSSR count). The molecule has 9 heavy (non-hydrogen) atoms. The van der Waals surface area contributed by atoms with Gasteiger partial charge in [0.15, 0.2) is 0 Å². The highest BCUT2D eigenvalue weighted by molar-refractivity contribution is 7.80. The van der Waals surface area contributed by atoms with E-state index in [9.17, 15) is 4.79 Å². The maximum atomic E-state index is 10.5. The summed E-state index contributed by atoms with van der Waals surface area (Å²) in [4.78, 5) is 10.5. The summed E-state index contributed by atoms with van der Waals surface area (Å²) in [5, 5.41) is 2.11. The third-order valence-electron chi connectivity index (χ3n) is 0.729. The quantitative estimate of drug-likeness (QED) is 0.263. The van der Waals surface area contributed by atoms with E-state index in [0.717, 1.165) is 0 Å². The van der Waals surface area contributed by atoms with Crippen molar-refractivity contribution in [2.75, 3.05) is 5.75 Å². The van der Waals surface area contributed by atoms with Gasteiger partial charge in [-0.05, 0) is 0 Å². The van der Waals surface area contributed by atoms with Crippen molar-refractivity contribution in [2.24, 2.45) is 5.73 Å². The van der Waals surface area contributed by atoms with Crippen LogP contribution in [0.5, 0.6) is 0 Å². The lowest BCUT2D eigenvalue weighted by Crippen LogP contribution is -2.39. The molecule has 0 aliphatic heterocycles. The van der Waals surface area contributed by atoms with Crippen molar-refractivity contribution < 1.29 is 4.79 Å². The first-order valence-corrected chi connectivity index (χ1v) is 2.97. The van der Waals surface area contributed by atoms with Gasteiger partial charge >= 0.3 is 0 Å². The van der Waals surface area contributed by atoms with E-state index in [4.69, 9.17) is 12.2 Å². The van der Waals surface area contributed by atoms with Crippen LogP contribution in [0.1, 0.15) is 0 Å². The smallest absolute Gasteiger partial charge is 0.249 e. The molecule has 50 valence electrons. The molecule has 0 aromatic carbocycles. The highest BCUT2D eigenvalue weighted by Gasteiger charge is 2.08. The molecule has 4 heteroatoms. The van der Waals surface area contributed by atoms with Crippen LogP contribution in [0.3, 0.4) is 0 Å². The van der Waals surface area contributed by atoms with E-state index < -0.39 is 6.04 Å². The zero-order valence-electron chi connectivity index (χ0n) is 4.79. The summed E-state index contributed by atoms with van der Waals surface area (Å²) in [5.41, 5.74) is 5.22. The summed E-state index contributed by atoms with van der Waals surface area (Å²) >= 11 is 3.79. The first kappa shape index (κ1) is 8.34. The Balaban J connectivity index is 3.62. The minimum Gasteiger partial charge on any atom is -0.319 e. The van der Waals surface area contributed by atoms with Gasteiger partial charge in [-0.1, -0.05) is 6.42 Å². The van der Waals surface area contributed by atoms with Crippen LogP contribution >= 0.6 is 12.6 Å². The van der Waals surface area contributed by atoms with Crippen molar-refractivity contribution >= 4 is 18.5 Å².